The lowest BCUT2D eigenvalue weighted by Gasteiger charge is -2.37. The number of ether oxygens (including phenoxy) is 1. The molecule has 1 fully saturated rings. The summed E-state index contributed by atoms with van der Waals surface area (Å²) in [6, 6.07) is -0.897. The molecule has 1 saturated carbocycles. The first-order valence-corrected chi connectivity index (χ1v) is 5.77. The Balaban J connectivity index is 2.37. The minimum absolute atomic E-state index is 0.198. The molecular formula is C11H20N2O4. The molecule has 4 N–H and O–H groups in total. The van der Waals surface area contributed by atoms with Gasteiger partial charge in [-0.2, -0.15) is 0 Å². The van der Waals surface area contributed by atoms with Gasteiger partial charge in [0.05, 0.1) is 0 Å². The van der Waals surface area contributed by atoms with Crippen molar-refractivity contribution in [3.8, 4) is 0 Å². The zero-order chi connectivity index (χ0) is 12.9. The Bertz CT molecular complexity index is 289. The van der Waals surface area contributed by atoms with Crippen molar-refractivity contribution < 1.29 is 19.4 Å². The van der Waals surface area contributed by atoms with Crippen LogP contribution in [0.2, 0.25) is 0 Å². The average Bonchev–Trinajstić information content (AvgIpc) is 2.21. The van der Waals surface area contributed by atoms with Crippen LogP contribution in [-0.4, -0.2) is 42.3 Å². The lowest BCUT2D eigenvalue weighted by atomic mass is 9.75. The van der Waals surface area contributed by atoms with Gasteiger partial charge in [-0.1, -0.05) is 0 Å². The van der Waals surface area contributed by atoms with Crippen LogP contribution in [0.25, 0.3) is 0 Å². The van der Waals surface area contributed by atoms with E-state index in [0.717, 1.165) is 19.3 Å². The number of rotatable bonds is 7. The van der Waals surface area contributed by atoms with Crippen LogP contribution < -0.4 is 11.1 Å². The van der Waals surface area contributed by atoms with E-state index in [1.807, 2.05) is 0 Å². The molecule has 1 atom stereocenters. The fourth-order valence-corrected chi connectivity index (χ4v) is 1.87. The SMILES string of the molecule is COCCC(NC(=O)CC1(N)CCC1)C(=O)O. The summed E-state index contributed by atoms with van der Waals surface area (Å²) in [5.74, 6) is -1.34. The molecule has 0 aliphatic heterocycles. The van der Waals surface area contributed by atoms with Crippen LogP contribution in [0.3, 0.4) is 0 Å². The maximum Gasteiger partial charge on any atom is 0.326 e. The first kappa shape index (κ1) is 13.9. The lowest BCUT2D eigenvalue weighted by Crippen LogP contribution is -2.52. The molecule has 1 rings (SSSR count). The van der Waals surface area contributed by atoms with E-state index in [2.05, 4.69) is 5.32 Å². The fraction of sp³-hybridized carbons (Fsp3) is 0.818. The third-order valence-corrected chi connectivity index (χ3v) is 3.11. The van der Waals surface area contributed by atoms with Gasteiger partial charge in [0.2, 0.25) is 5.91 Å². The summed E-state index contributed by atoms with van der Waals surface area (Å²) in [5, 5.41) is 11.4. The van der Waals surface area contributed by atoms with Crippen molar-refractivity contribution in [3.63, 3.8) is 0 Å². The van der Waals surface area contributed by atoms with Gasteiger partial charge in [-0.15, -0.1) is 0 Å². The molecule has 0 aromatic carbocycles. The van der Waals surface area contributed by atoms with Crippen molar-refractivity contribution >= 4 is 11.9 Å². The van der Waals surface area contributed by atoms with Crippen LogP contribution in [0, 0.1) is 0 Å². The molecule has 1 unspecified atom stereocenters. The topological polar surface area (TPSA) is 102 Å². The first-order chi connectivity index (χ1) is 7.97. The Kier molecular flexibility index (Phi) is 4.89. The van der Waals surface area contributed by atoms with Crippen molar-refractivity contribution in [1.82, 2.24) is 5.32 Å². The van der Waals surface area contributed by atoms with Crippen LogP contribution in [0.15, 0.2) is 0 Å². The molecule has 6 heteroatoms. The number of carboxylic acids is 1. The maximum atomic E-state index is 11.6. The minimum Gasteiger partial charge on any atom is -0.480 e. The van der Waals surface area contributed by atoms with Gasteiger partial charge in [-0.25, -0.2) is 4.79 Å². The van der Waals surface area contributed by atoms with E-state index in [0.29, 0.717) is 6.61 Å². The molecule has 0 radical (unpaired) electrons. The van der Waals surface area contributed by atoms with E-state index in [9.17, 15) is 9.59 Å². The molecule has 0 saturated heterocycles. The summed E-state index contributed by atoms with van der Waals surface area (Å²) in [6.45, 7) is 0.297. The highest BCUT2D eigenvalue weighted by molar-refractivity contribution is 5.84. The summed E-state index contributed by atoms with van der Waals surface area (Å²) in [5.41, 5.74) is 5.50. The van der Waals surface area contributed by atoms with Crippen molar-refractivity contribution in [2.45, 2.75) is 43.7 Å². The number of amides is 1. The predicted octanol–water partition coefficient (Wildman–Crippen LogP) is -0.136. The predicted molar refractivity (Wildman–Crippen MR) is 61.4 cm³/mol. The standard InChI is InChI=1S/C11H20N2O4/c1-17-6-3-8(10(15)16)13-9(14)7-11(12)4-2-5-11/h8H,2-7,12H2,1H3,(H,13,14)(H,15,16). The summed E-state index contributed by atoms with van der Waals surface area (Å²) in [4.78, 5) is 22.5. The summed E-state index contributed by atoms with van der Waals surface area (Å²) in [6.07, 6.45) is 3.15. The van der Waals surface area contributed by atoms with Gasteiger partial charge in [-0.3, -0.25) is 4.79 Å². The number of aliphatic carboxylic acids is 1. The second kappa shape index (κ2) is 5.97. The summed E-state index contributed by atoms with van der Waals surface area (Å²) < 4.78 is 4.80. The molecule has 1 amide bonds. The molecular weight excluding hydrogens is 224 g/mol. The lowest BCUT2D eigenvalue weighted by molar-refractivity contribution is -0.142. The minimum atomic E-state index is -1.05. The molecule has 0 aromatic heterocycles. The van der Waals surface area contributed by atoms with Crippen molar-refractivity contribution in [1.29, 1.82) is 0 Å². The zero-order valence-electron chi connectivity index (χ0n) is 10.1. The molecule has 0 aromatic rings. The molecule has 0 heterocycles. The number of carbonyl (C=O) groups excluding carboxylic acids is 1. The Labute approximate surface area is 101 Å². The molecule has 1 aliphatic carbocycles. The van der Waals surface area contributed by atoms with Gasteiger partial charge in [0.25, 0.3) is 0 Å². The summed E-state index contributed by atoms with van der Waals surface area (Å²) in [7, 11) is 1.49. The number of methoxy groups -OCH3 is 1. The Morgan fingerprint density at radius 3 is 2.59 bits per heavy atom. The van der Waals surface area contributed by atoms with E-state index < -0.39 is 17.6 Å². The summed E-state index contributed by atoms with van der Waals surface area (Å²) >= 11 is 0. The van der Waals surface area contributed by atoms with E-state index in [1.54, 1.807) is 0 Å². The third-order valence-electron chi connectivity index (χ3n) is 3.11. The number of hydrogen-bond donors (Lipinski definition) is 3. The van der Waals surface area contributed by atoms with Crippen LogP contribution in [0.5, 0.6) is 0 Å². The molecule has 1 aliphatic rings. The van der Waals surface area contributed by atoms with E-state index >= 15 is 0 Å². The second-order valence-corrected chi connectivity index (χ2v) is 4.63. The average molecular weight is 244 g/mol. The van der Waals surface area contributed by atoms with E-state index in [1.165, 1.54) is 7.11 Å². The van der Waals surface area contributed by atoms with E-state index in [-0.39, 0.29) is 18.7 Å². The van der Waals surface area contributed by atoms with Gasteiger partial charge in [-0.05, 0) is 19.3 Å². The van der Waals surface area contributed by atoms with Gasteiger partial charge >= 0.3 is 5.97 Å². The van der Waals surface area contributed by atoms with Gasteiger partial charge in [0, 0.05) is 32.1 Å². The number of carboxylic acid groups (broad SMARTS) is 1. The number of hydrogen-bond acceptors (Lipinski definition) is 4. The van der Waals surface area contributed by atoms with Crippen LogP contribution >= 0.6 is 0 Å². The van der Waals surface area contributed by atoms with Crippen LogP contribution in [0.4, 0.5) is 0 Å². The highest BCUT2D eigenvalue weighted by atomic mass is 16.5. The molecule has 98 valence electrons. The van der Waals surface area contributed by atoms with Crippen molar-refractivity contribution in [2.24, 2.45) is 5.73 Å². The van der Waals surface area contributed by atoms with E-state index in [4.69, 9.17) is 15.6 Å². The van der Waals surface area contributed by atoms with Crippen molar-refractivity contribution in [2.75, 3.05) is 13.7 Å². The Hall–Kier alpha value is -1.14. The zero-order valence-corrected chi connectivity index (χ0v) is 10.1. The maximum absolute atomic E-state index is 11.6. The molecule has 17 heavy (non-hydrogen) atoms. The Morgan fingerprint density at radius 2 is 2.18 bits per heavy atom. The van der Waals surface area contributed by atoms with Gasteiger partial charge in [0.15, 0.2) is 0 Å². The third kappa shape index (κ3) is 4.32. The van der Waals surface area contributed by atoms with Crippen LogP contribution in [0.1, 0.15) is 32.1 Å². The monoisotopic (exact) mass is 244 g/mol. The number of nitrogens with two attached hydrogens (primary N) is 1. The Morgan fingerprint density at radius 1 is 1.53 bits per heavy atom. The normalized spacial score (nSPS) is 19.2. The number of carbonyl (C=O) groups is 2. The molecule has 0 spiro atoms. The molecule has 6 nitrogen and oxygen atoms in total. The van der Waals surface area contributed by atoms with Gasteiger partial charge < -0.3 is 20.9 Å². The molecule has 0 bridgehead atoms. The van der Waals surface area contributed by atoms with Crippen molar-refractivity contribution in [3.05, 3.63) is 0 Å². The highest BCUT2D eigenvalue weighted by Gasteiger charge is 2.35. The largest absolute Gasteiger partial charge is 0.480 e. The van der Waals surface area contributed by atoms with Gasteiger partial charge in [0.1, 0.15) is 6.04 Å². The quantitative estimate of drug-likeness (QED) is 0.578. The fourth-order valence-electron chi connectivity index (χ4n) is 1.87. The smallest absolute Gasteiger partial charge is 0.326 e. The first-order valence-electron chi connectivity index (χ1n) is 5.77. The number of nitrogens with one attached hydrogen (secondary N) is 1. The van der Waals surface area contributed by atoms with Crippen LogP contribution in [-0.2, 0) is 14.3 Å². The second-order valence-electron chi connectivity index (χ2n) is 4.63. The highest BCUT2D eigenvalue weighted by Crippen LogP contribution is 2.31.